The minimum Gasteiger partial charge on any atom is -0.371 e. The molecule has 0 bridgehead atoms. The number of aliphatic imine (C=N–C) groups is 1. The highest BCUT2D eigenvalue weighted by Crippen LogP contribution is 2.44. The van der Waals surface area contributed by atoms with Gasteiger partial charge in [0.1, 0.15) is 11.4 Å². The number of aromatic nitrogens is 2. The average molecular weight is 613 g/mol. The molecule has 3 fully saturated rings. The minimum absolute atomic E-state index is 0.0220. The Balaban J connectivity index is 1.28. The Morgan fingerprint density at radius 3 is 2.30 bits per heavy atom. The standard InChI is InChI=1S/C30H38F6N6O/c1-3-6-24(37-17-21(4-2)29(31,32)33)40-13-15-41(16-14-40)27(19-7-5-8-19)20-11-12-42(18-20)23-10-9-22-25(30(34,35)36)28(43)39-38-26(22)23/h4,6,17,20,23H,3,5,7-16,18H2,1-2H3,(H,39,43)/b21-4+,24-6-,37-17-. The van der Waals surface area contributed by atoms with Gasteiger partial charge < -0.3 is 9.80 Å². The Hall–Kier alpha value is -3.09. The van der Waals surface area contributed by atoms with E-state index in [9.17, 15) is 31.1 Å². The second-order valence-electron chi connectivity index (χ2n) is 11.6. The monoisotopic (exact) mass is 612 g/mol. The molecule has 2 saturated heterocycles. The summed E-state index contributed by atoms with van der Waals surface area (Å²) in [4.78, 5) is 22.9. The van der Waals surface area contributed by atoms with Crippen molar-refractivity contribution in [3.8, 4) is 0 Å². The fourth-order valence-electron chi connectivity index (χ4n) is 6.84. The summed E-state index contributed by atoms with van der Waals surface area (Å²) in [6.07, 6.45) is -0.0186. The Bertz CT molecular complexity index is 1360. The lowest BCUT2D eigenvalue weighted by molar-refractivity contribution is -0.139. The van der Waals surface area contributed by atoms with Gasteiger partial charge in [0.2, 0.25) is 0 Å². The number of nitrogens with zero attached hydrogens (tertiary/aromatic N) is 5. The second-order valence-corrected chi connectivity index (χ2v) is 11.6. The summed E-state index contributed by atoms with van der Waals surface area (Å²) in [7, 11) is 0. The predicted octanol–water partition coefficient (Wildman–Crippen LogP) is 5.98. The van der Waals surface area contributed by atoms with Gasteiger partial charge in [-0.15, -0.1) is 0 Å². The Labute approximate surface area is 247 Å². The first-order valence-electron chi connectivity index (χ1n) is 15.0. The van der Waals surface area contributed by atoms with Crippen LogP contribution >= 0.6 is 0 Å². The molecule has 1 aromatic heterocycles. The zero-order valence-corrected chi connectivity index (χ0v) is 24.5. The van der Waals surface area contributed by atoms with Crippen LogP contribution in [0.2, 0.25) is 0 Å². The quantitative estimate of drug-likeness (QED) is 0.303. The summed E-state index contributed by atoms with van der Waals surface area (Å²) < 4.78 is 80.6. The Morgan fingerprint density at radius 1 is 1.02 bits per heavy atom. The summed E-state index contributed by atoms with van der Waals surface area (Å²) in [5, 5.41) is 6.16. The van der Waals surface area contributed by atoms with Crippen LogP contribution in [0.15, 0.2) is 44.6 Å². The molecule has 0 spiro atoms. The molecule has 2 aliphatic heterocycles. The van der Waals surface area contributed by atoms with Crippen LogP contribution in [0.25, 0.3) is 0 Å². The van der Waals surface area contributed by atoms with E-state index in [4.69, 9.17) is 0 Å². The SMILES string of the molecule is C\C=C(/C=N\C(=C\CC)N1CCN(C(=C2CCC2)C2CCN(C3CCc4c3n[nH]c(=O)c4C(F)(F)F)C2)CC1)C(F)(F)F. The summed E-state index contributed by atoms with van der Waals surface area (Å²) in [6.45, 7) is 7.40. The van der Waals surface area contributed by atoms with Crippen molar-refractivity contribution in [3.63, 3.8) is 0 Å². The van der Waals surface area contributed by atoms with Crippen molar-refractivity contribution < 1.29 is 26.3 Å². The van der Waals surface area contributed by atoms with E-state index in [1.165, 1.54) is 18.2 Å². The Kier molecular flexibility index (Phi) is 9.10. The van der Waals surface area contributed by atoms with Crippen molar-refractivity contribution in [1.29, 1.82) is 0 Å². The van der Waals surface area contributed by atoms with Crippen LogP contribution in [0.5, 0.6) is 0 Å². The molecule has 5 rings (SSSR count). The molecule has 4 aliphatic rings. The van der Waals surface area contributed by atoms with Gasteiger partial charge in [-0.1, -0.05) is 18.6 Å². The lowest BCUT2D eigenvalue weighted by Gasteiger charge is -2.42. The number of hydrogen-bond acceptors (Lipinski definition) is 6. The van der Waals surface area contributed by atoms with E-state index in [-0.39, 0.29) is 23.9 Å². The highest BCUT2D eigenvalue weighted by Gasteiger charge is 2.44. The first-order valence-corrected chi connectivity index (χ1v) is 15.0. The van der Waals surface area contributed by atoms with Crippen LogP contribution in [0, 0.1) is 5.92 Å². The maximum absolute atomic E-state index is 13.6. The largest absolute Gasteiger partial charge is 0.422 e. The van der Waals surface area contributed by atoms with Crippen LogP contribution in [0.1, 0.15) is 75.2 Å². The number of fused-ring (bicyclic) bond motifs is 1. The Morgan fingerprint density at radius 2 is 1.72 bits per heavy atom. The fourth-order valence-corrected chi connectivity index (χ4v) is 6.84. The van der Waals surface area contributed by atoms with E-state index in [2.05, 4.69) is 25.0 Å². The van der Waals surface area contributed by atoms with E-state index in [1.807, 2.05) is 17.9 Å². The van der Waals surface area contributed by atoms with Gasteiger partial charge in [0, 0.05) is 50.6 Å². The third-order valence-corrected chi connectivity index (χ3v) is 9.05. The lowest BCUT2D eigenvalue weighted by Crippen LogP contribution is -2.47. The number of hydrogen-bond donors (Lipinski definition) is 1. The topological polar surface area (TPSA) is 67.8 Å². The molecule has 2 unspecified atom stereocenters. The fraction of sp³-hybridized carbons (Fsp3) is 0.633. The maximum Gasteiger partial charge on any atom is 0.422 e. The molecule has 13 heteroatoms. The molecule has 0 aromatic carbocycles. The maximum atomic E-state index is 13.6. The molecular formula is C30H38F6N6O. The van der Waals surface area contributed by atoms with Gasteiger partial charge in [-0.05, 0) is 70.1 Å². The third-order valence-electron chi connectivity index (χ3n) is 9.05. The molecular weight excluding hydrogens is 574 g/mol. The van der Waals surface area contributed by atoms with Gasteiger partial charge in [-0.25, -0.2) is 10.1 Å². The first kappa shape index (κ1) is 31.3. The average Bonchev–Trinajstić information content (AvgIpc) is 3.56. The molecule has 1 saturated carbocycles. The summed E-state index contributed by atoms with van der Waals surface area (Å²) >= 11 is 0. The van der Waals surface area contributed by atoms with Gasteiger partial charge in [-0.3, -0.25) is 9.69 Å². The molecule has 2 aliphatic carbocycles. The van der Waals surface area contributed by atoms with Crippen LogP contribution in [-0.4, -0.2) is 76.6 Å². The molecule has 7 nitrogen and oxygen atoms in total. The highest BCUT2D eigenvalue weighted by atomic mass is 19.4. The number of H-pyrrole nitrogens is 1. The normalized spacial score (nSPS) is 24.2. The van der Waals surface area contributed by atoms with Crippen LogP contribution in [0.3, 0.4) is 0 Å². The molecule has 43 heavy (non-hydrogen) atoms. The lowest BCUT2D eigenvalue weighted by atomic mass is 9.85. The van der Waals surface area contributed by atoms with Crippen molar-refractivity contribution >= 4 is 6.21 Å². The van der Waals surface area contributed by atoms with Crippen molar-refractivity contribution in [2.75, 3.05) is 39.3 Å². The van der Waals surface area contributed by atoms with Gasteiger partial charge in [0.05, 0.1) is 17.3 Å². The molecule has 1 aromatic rings. The van der Waals surface area contributed by atoms with Crippen LogP contribution in [0.4, 0.5) is 26.3 Å². The van der Waals surface area contributed by atoms with E-state index in [1.54, 1.807) is 0 Å². The minimum atomic E-state index is -4.72. The zero-order valence-electron chi connectivity index (χ0n) is 24.5. The van der Waals surface area contributed by atoms with E-state index in [0.717, 1.165) is 44.5 Å². The van der Waals surface area contributed by atoms with Gasteiger partial charge in [0.15, 0.2) is 0 Å². The number of piperazine rings is 1. The van der Waals surface area contributed by atoms with Gasteiger partial charge >= 0.3 is 12.4 Å². The number of likely N-dealkylation sites (tertiary alicyclic amines) is 1. The first-order chi connectivity index (χ1) is 20.4. The van der Waals surface area contributed by atoms with E-state index < -0.39 is 29.0 Å². The van der Waals surface area contributed by atoms with Gasteiger partial charge in [0.25, 0.3) is 5.56 Å². The van der Waals surface area contributed by atoms with Crippen molar-refractivity contribution in [2.45, 2.75) is 77.2 Å². The molecule has 0 amide bonds. The number of aromatic amines is 1. The summed E-state index contributed by atoms with van der Waals surface area (Å²) in [6, 6.07) is -0.263. The number of rotatable bonds is 7. The van der Waals surface area contributed by atoms with Crippen LogP contribution < -0.4 is 5.56 Å². The molecule has 1 N–H and O–H groups in total. The van der Waals surface area contributed by atoms with E-state index >= 15 is 0 Å². The summed E-state index contributed by atoms with van der Waals surface area (Å²) in [5.74, 6) is 0.780. The molecule has 3 heterocycles. The summed E-state index contributed by atoms with van der Waals surface area (Å²) in [5.41, 5.74) is 0.0286. The number of halogens is 6. The number of nitrogens with one attached hydrogen (secondary N) is 1. The molecule has 0 radical (unpaired) electrons. The van der Waals surface area contributed by atoms with Crippen molar-refractivity contribution in [3.05, 3.63) is 62.0 Å². The van der Waals surface area contributed by atoms with Crippen LogP contribution in [-0.2, 0) is 12.6 Å². The second kappa shape index (κ2) is 12.5. The smallest absolute Gasteiger partial charge is 0.371 e. The highest BCUT2D eigenvalue weighted by molar-refractivity contribution is 5.80. The van der Waals surface area contributed by atoms with Crippen molar-refractivity contribution in [2.24, 2.45) is 10.9 Å². The zero-order chi connectivity index (χ0) is 30.9. The predicted molar refractivity (Wildman–Crippen MR) is 151 cm³/mol. The number of allylic oxidation sites excluding steroid dienone is 4. The van der Waals surface area contributed by atoms with E-state index in [0.29, 0.717) is 57.1 Å². The third kappa shape index (κ3) is 6.56. The van der Waals surface area contributed by atoms with Gasteiger partial charge in [-0.2, -0.15) is 31.4 Å². The molecule has 2 atom stereocenters. The number of alkyl halides is 6. The van der Waals surface area contributed by atoms with Crippen molar-refractivity contribution in [1.82, 2.24) is 24.9 Å². The molecule has 236 valence electrons.